The number of hydrogen-bond donors (Lipinski definition) is 0. The van der Waals surface area contributed by atoms with Crippen LogP contribution in [0.5, 0.6) is 0 Å². The number of carbonyl (C=O) groups excluding carboxylic acids is 2. The van der Waals surface area contributed by atoms with Crippen LogP contribution < -0.4 is 0 Å². The van der Waals surface area contributed by atoms with Gasteiger partial charge in [-0.15, -0.1) is 23.1 Å². The Bertz CT molecular complexity index is 444. The molecule has 0 saturated carbocycles. The van der Waals surface area contributed by atoms with Crippen LogP contribution in [-0.2, 0) is 16.0 Å². The Morgan fingerprint density at radius 1 is 1.26 bits per heavy atom. The molecule has 0 aliphatic heterocycles. The number of thioether (sulfide) groups is 1. The van der Waals surface area contributed by atoms with Gasteiger partial charge in [0, 0.05) is 4.88 Å². The fourth-order valence-electron chi connectivity index (χ4n) is 1.39. The average Bonchev–Trinajstić information content (AvgIpc) is 2.74. The van der Waals surface area contributed by atoms with E-state index in [0.29, 0.717) is 5.75 Å². The van der Waals surface area contributed by atoms with E-state index < -0.39 is 5.60 Å². The second kappa shape index (κ2) is 7.10. The third kappa shape index (κ3) is 6.25. The van der Waals surface area contributed by atoms with Gasteiger partial charge in [-0.2, -0.15) is 0 Å². The third-order valence-corrected chi connectivity index (χ3v) is 4.33. The Morgan fingerprint density at radius 3 is 2.47 bits per heavy atom. The van der Waals surface area contributed by atoms with E-state index in [1.165, 1.54) is 28.0 Å². The van der Waals surface area contributed by atoms with Gasteiger partial charge in [-0.3, -0.25) is 9.59 Å². The minimum absolute atomic E-state index is 0.0817. The molecule has 106 valence electrons. The Kier molecular flexibility index (Phi) is 6.07. The zero-order valence-electron chi connectivity index (χ0n) is 11.8. The van der Waals surface area contributed by atoms with Gasteiger partial charge in [0.05, 0.1) is 16.4 Å². The molecule has 0 aliphatic carbocycles. The van der Waals surface area contributed by atoms with Crippen LogP contribution in [0, 0.1) is 0 Å². The smallest absolute Gasteiger partial charge is 0.316 e. The molecular formula is C14H20O3S2. The van der Waals surface area contributed by atoms with Crippen molar-refractivity contribution < 1.29 is 14.3 Å². The predicted octanol–water partition coefficient (Wildman–Crippen LogP) is 3.57. The van der Waals surface area contributed by atoms with E-state index in [4.69, 9.17) is 4.74 Å². The highest BCUT2D eigenvalue weighted by Gasteiger charge is 2.17. The molecular weight excluding hydrogens is 280 g/mol. The topological polar surface area (TPSA) is 43.4 Å². The van der Waals surface area contributed by atoms with Crippen LogP contribution in [0.25, 0.3) is 0 Å². The maximum Gasteiger partial charge on any atom is 0.316 e. The van der Waals surface area contributed by atoms with E-state index in [1.807, 2.05) is 32.9 Å². The minimum Gasteiger partial charge on any atom is -0.459 e. The first-order valence-corrected chi connectivity index (χ1v) is 8.20. The molecule has 1 aromatic rings. The van der Waals surface area contributed by atoms with E-state index in [1.54, 1.807) is 0 Å². The van der Waals surface area contributed by atoms with Gasteiger partial charge in [0.1, 0.15) is 5.60 Å². The van der Waals surface area contributed by atoms with Crippen molar-refractivity contribution in [3.8, 4) is 0 Å². The first kappa shape index (κ1) is 16.2. The van der Waals surface area contributed by atoms with Crippen molar-refractivity contribution in [2.75, 3.05) is 11.5 Å². The molecule has 0 saturated heterocycles. The SMILES string of the molecule is CCc1ccc(C(=O)CSCC(=O)OC(C)(C)C)s1. The number of carbonyl (C=O) groups is 2. The molecule has 0 unspecified atom stereocenters. The van der Waals surface area contributed by atoms with Crippen LogP contribution in [0.3, 0.4) is 0 Å². The van der Waals surface area contributed by atoms with Gasteiger partial charge in [-0.1, -0.05) is 6.92 Å². The lowest BCUT2D eigenvalue weighted by molar-refractivity contribution is -0.151. The van der Waals surface area contributed by atoms with Gasteiger partial charge < -0.3 is 4.74 Å². The van der Waals surface area contributed by atoms with Gasteiger partial charge in [0.25, 0.3) is 0 Å². The van der Waals surface area contributed by atoms with Gasteiger partial charge in [-0.25, -0.2) is 0 Å². The second-order valence-corrected chi connectivity index (χ2v) is 7.28. The molecule has 1 aromatic heterocycles. The monoisotopic (exact) mass is 300 g/mol. The summed E-state index contributed by atoms with van der Waals surface area (Å²) in [5.41, 5.74) is -0.467. The Balaban J connectivity index is 2.33. The van der Waals surface area contributed by atoms with E-state index in [9.17, 15) is 9.59 Å². The maximum absolute atomic E-state index is 11.9. The van der Waals surface area contributed by atoms with Crippen molar-refractivity contribution in [2.24, 2.45) is 0 Å². The molecule has 0 aromatic carbocycles. The average molecular weight is 300 g/mol. The van der Waals surface area contributed by atoms with E-state index >= 15 is 0 Å². The fourth-order valence-corrected chi connectivity index (χ4v) is 3.03. The normalized spacial score (nSPS) is 11.4. The van der Waals surface area contributed by atoms with Gasteiger partial charge in [0.15, 0.2) is 5.78 Å². The lowest BCUT2D eigenvalue weighted by atomic mass is 10.2. The molecule has 0 bridgehead atoms. The molecule has 0 fully saturated rings. The zero-order valence-corrected chi connectivity index (χ0v) is 13.5. The summed E-state index contributed by atoms with van der Waals surface area (Å²) in [7, 11) is 0. The molecule has 0 aliphatic rings. The molecule has 0 atom stereocenters. The Labute approximate surface area is 122 Å². The highest BCUT2D eigenvalue weighted by molar-refractivity contribution is 8.00. The fraction of sp³-hybridized carbons (Fsp3) is 0.571. The molecule has 0 spiro atoms. The van der Waals surface area contributed by atoms with Crippen molar-refractivity contribution in [3.63, 3.8) is 0 Å². The number of ether oxygens (including phenoxy) is 1. The van der Waals surface area contributed by atoms with Crippen LogP contribution in [-0.4, -0.2) is 28.9 Å². The number of Topliss-reactive ketones (excluding diaryl/α,β-unsaturated/α-hetero) is 1. The number of rotatable bonds is 6. The number of hydrogen-bond acceptors (Lipinski definition) is 5. The largest absolute Gasteiger partial charge is 0.459 e. The standard InChI is InChI=1S/C14H20O3S2/c1-5-10-6-7-12(19-10)11(15)8-18-9-13(16)17-14(2,3)4/h6-7H,5,8-9H2,1-4H3. The number of aryl methyl sites for hydroxylation is 1. The molecule has 1 heterocycles. The van der Waals surface area contributed by atoms with E-state index in [0.717, 1.165) is 11.3 Å². The van der Waals surface area contributed by atoms with Crippen molar-refractivity contribution in [1.82, 2.24) is 0 Å². The van der Waals surface area contributed by atoms with Gasteiger partial charge in [-0.05, 0) is 39.3 Å². The van der Waals surface area contributed by atoms with E-state index in [-0.39, 0.29) is 17.5 Å². The molecule has 0 radical (unpaired) electrons. The lowest BCUT2D eigenvalue weighted by Crippen LogP contribution is -2.25. The van der Waals surface area contributed by atoms with Crippen LogP contribution in [0.1, 0.15) is 42.2 Å². The molecule has 5 heteroatoms. The van der Waals surface area contributed by atoms with Gasteiger partial charge in [0.2, 0.25) is 0 Å². The Morgan fingerprint density at radius 2 is 1.95 bits per heavy atom. The van der Waals surface area contributed by atoms with Crippen molar-refractivity contribution in [2.45, 2.75) is 39.7 Å². The summed E-state index contributed by atoms with van der Waals surface area (Å²) < 4.78 is 5.18. The number of ketones is 1. The van der Waals surface area contributed by atoms with Crippen LogP contribution in [0.2, 0.25) is 0 Å². The van der Waals surface area contributed by atoms with Crippen LogP contribution >= 0.6 is 23.1 Å². The second-order valence-electron chi connectivity index (χ2n) is 5.12. The predicted molar refractivity (Wildman–Crippen MR) is 81.2 cm³/mol. The summed E-state index contributed by atoms with van der Waals surface area (Å²) in [6.45, 7) is 7.56. The van der Waals surface area contributed by atoms with E-state index in [2.05, 4.69) is 6.92 Å². The van der Waals surface area contributed by atoms with Crippen molar-refractivity contribution >= 4 is 34.9 Å². The first-order chi connectivity index (χ1) is 8.81. The Hall–Kier alpha value is -0.810. The quantitative estimate of drug-likeness (QED) is 0.595. The number of esters is 1. The van der Waals surface area contributed by atoms with Gasteiger partial charge >= 0.3 is 5.97 Å². The first-order valence-electron chi connectivity index (χ1n) is 6.23. The van der Waals surface area contributed by atoms with Crippen molar-refractivity contribution in [3.05, 3.63) is 21.9 Å². The summed E-state index contributed by atoms with van der Waals surface area (Å²) >= 11 is 2.84. The zero-order chi connectivity index (χ0) is 14.5. The summed E-state index contributed by atoms with van der Waals surface area (Å²) in [6, 6.07) is 3.84. The lowest BCUT2D eigenvalue weighted by Gasteiger charge is -2.19. The van der Waals surface area contributed by atoms with Crippen LogP contribution in [0.4, 0.5) is 0 Å². The summed E-state index contributed by atoms with van der Waals surface area (Å²) in [4.78, 5) is 25.3. The maximum atomic E-state index is 11.9. The van der Waals surface area contributed by atoms with Crippen molar-refractivity contribution in [1.29, 1.82) is 0 Å². The highest BCUT2D eigenvalue weighted by Crippen LogP contribution is 2.19. The molecule has 19 heavy (non-hydrogen) atoms. The molecule has 1 rings (SSSR count). The van der Waals surface area contributed by atoms with Crippen LogP contribution in [0.15, 0.2) is 12.1 Å². The third-order valence-electron chi connectivity index (χ3n) is 2.16. The summed E-state index contributed by atoms with van der Waals surface area (Å²) in [6.07, 6.45) is 0.947. The minimum atomic E-state index is -0.467. The molecule has 0 amide bonds. The molecule has 3 nitrogen and oxygen atoms in total. The summed E-state index contributed by atoms with van der Waals surface area (Å²) in [5.74, 6) is 0.349. The highest BCUT2D eigenvalue weighted by atomic mass is 32.2. The number of thiophene rings is 1. The summed E-state index contributed by atoms with van der Waals surface area (Å²) in [5, 5.41) is 0. The molecule has 0 N–H and O–H groups in total.